The Morgan fingerprint density at radius 2 is 2.07 bits per heavy atom. The van der Waals surface area contributed by atoms with Crippen molar-refractivity contribution in [3.63, 3.8) is 0 Å². The van der Waals surface area contributed by atoms with E-state index in [1.165, 1.54) is 36.4 Å². The van der Waals surface area contributed by atoms with Crippen molar-refractivity contribution in [3.8, 4) is 0 Å². The number of likely N-dealkylation sites (tertiary alicyclic amines) is 1. The van der Waals surface area contributed by atoms with E-state index in [-0.39, 0.29) is 11.9 Å². The smallest absolute Gasteiger partial charge is 0.251 e. The van der Waals surface area contributed by atoms with Crippen molar-refractivity contribution in [2.75, 3.05) is 30.2 Å². The fourth-order valence-electron chi connectivity index (χ4n) is 4.49. The third-order valence-electron chi connectivity index (χ3n) is 5.89. The molecule has 7 heteroatoms. The van der Waals surface area contributed by atoms with Crippen LogP contribution in [-0.4, -0.2) is 52.3 Å². The molecule has 0 aliphatic carbocycles. The van der Waals surface area contributed by atoms with E-state index in [4.69, 9.17) is 0 Å². The molecule has 1 aromatic rings. The number of amides is 1. The van der Waals surface area contributed by atoms with Crippen LogP contribution >= 0.6 is 0 Å². The number of nitrogens with zero attached hydrogens (tertiary/aromatic N) is 1. The van der Waals surface area contributed by atoms with E-state index in [1.54, 1.807) is 17.0 Å². The van der Waals surface area contributed by atoms with E-state index in [0.717, 1.165) is 24.6 Å². The number of piperidine rings is 1. The summed E-state index contributed by atoms with van der Waals surface area (Å²) >= 11 is 0. The van der Waals surface area contributed by atoms with E-state index in [1.807, 2.05) is 13.0 Å². The monoisotopic (exact) mass is 394 g/mol. The van der Waals surface area contributed by atoms with Gasteiger partial charge in [0.1, 0.15) is 0 Å². The van der Waals surface area contributed by atoms with Gasteiger partial charge < -0.3 is 10.2 Å². The molecule has 0 aromatic heterocycles. The number of hydrogen-bond acceptors (Lipinski definition) is 3. The van der Waals surface area contributed by atoms with Gasteiger partial charge in [0.15, 0.2) is 0 Å². The lowest BCUT2D eigenvalue weighted by Gasteiger charge is -2.30. The van der Waals surface area contributed by atoms with Gasteiger partial charge in [0.25, 0.3) is 5.91 Å². The number of anilines is 1. The van der Waals surface area contributed by atoms with Crippen molar-refractivity contribution < 1.29 is 18.1 Å². The summed E-state index contributed by atoms with van der Waals surface area (Å²) in [5, 5.41) is 3.01. The van der Waals surface area contributed by atoms with Gasteiger partial charge in [-0.05, 0) is 63.3 Å². The zero-order chi connectivity index (χ0) is 19.6. The predicted molar refractivity (Wildman–Crippen MR) is 108 cm³/mol. The van der Waals surface area contributed by atoms with Crippen molar-refractivity contribution in [2.24, 2.45) is 0 Å². The van der Waals surface area contributed by atoms with Gasteiger partial charge in [-0.1, -0.05) is 0 Å². The topological polar surface area (TPSA) is 70.9 Å². The van der Waals surface area contributed by atoms with Crippen LogP contribution in [0, 0.1) is 0 Å². The van der Waals surface area contributed by atoms with Gasteiger partial charge in [0.05, 0.1) is 31.1 Å². The molecule has 2 heterocycles. The first-order valence-electron chi connectivity index (χ1n) is 10.0. The standard InChI is InChI=1S/C20H31N3O3S/c1-15-7-4-5-11-22(15)12-6-10-21-20(24)17-8-9-19-18(14-17)13-16(2)23(19)27(3,25)26/h8-9,14-16H,4-7,10-13H2,1-3H3,(H,21,24)/p+1/t15-,16-/m0/s1. The zero-order valence-corrected chi connectivity index (χ0v) is 17.4. The molecule has 1 saturated heterocycles. The van der Waals surface area contributed by atoms with E-state index >= 15 is 0 Å². The largest absolute Gasteiger partial charge is 0.352 e. The van der Waals surface area contributed by atoms with Crippen molar-refractivity contribution in [2.45, 2.75) is 58.0 Å². The molecule has 0 bridgehead atoms. The summed E-state index contributed by atoms with van der Waals surface area (Å²) in [4.78, 5) is 14.1. The van der Waals surface area contributed by atoms with Gasteiger partial charge in [-0.15, -0.1) is 0 Å². The van der Waals surface area contributed by atoms with Crippen LogP contribution in [0.2, 0.25) is 0 Å². The minimum atomic E-state index is -3.30. The van der Waals surface area contributed by atoms with Gasteiger partial charge in [-0.25, -0.2) is 8.42 Å². The first-order chi connectivity index (χ1) is 12.8. The summed E-state index contributed by atoms with van der Waals surface area (Å²) in [5.41, 5.74) is 2.23. The Hall–Kier alpha value is -1.60. The number of carbonyl (C=O) groups excluding carboxylic acids is 1. The Balaban J connectivity index is 1.55. The molecule has 0 saturated carbocycles. The normalized spacial score (nSPS) is 25.3. The summed E-state index contributed by atoms with van der Waals surface area (Å²) in [6.45, 7) is 7.24. The van der Waals surface area contributed by atoms with Crippen molar-refractivity contribution in [1.82, 2.24) is 5.32 Å². The molecule has 1 amide bonds. The highest BCUT2D eigenvalue weighted by molar-refractivity contribution is 7.92. The van der Waals surface area contributed by atoms with Gasteiger partial charge in [0, 0.05) is 24.6 Å². The third-order valence-corrected chi connectivity index (χ3v) is 7.17. The molecular formula is C20H32N3O3S+. The molecule has 27 heavy (non-hydrogen) atoms. The molecule has 6 nitrogen and oxygen atoms in total. The van der Waals surface area contributed by atoms with E-state index in [9.17, 15) is 13.2 Å². The van der Waals surface area contributed by atoms with E-state index in [0.29, 0.717) is 24.2 Å². The molecule has 0 radical (unpaired) electrons. The van der Waals surface area contributed by atoms with Crippen LogP contribution in [0.5, 0.6) is 0 Å². The SMILES string of the molecule is C[C@H]1Cc2cc(C(=O)NCCC[NH+]3CCCC[C@@H]3C)ccc2N1S(C)(=O)=O. The second kappa shape index (κ2) is 8.19. The van der Waals surface area contributed by atoms with Crippen molar-refractivity contribution in [3.05, 3.63) is 29.3 Å². The van der Waals surface area contributed by atoms with Crippen LogP contribution < -0.4 is 14.5 Å². The minimum absolute atomic E-state index is 0.0787. The molecule has 0 spiro atoms. The number of rotatable bonds is 6. The predicted octanol–water partition coefficient (Wildman–Crippen LogP) is 0.974. The highest BCUT2D eigenvalue weighted by Crippen LogP contribution is 2.34. The molecule has 2 aliphatic heterocycles. The second-order valence-corrected chi connectivity index (χ2v) is 9.98. The lowest BCUT2D eigenvalue weighted by molar-refractivity contribution is -0.928. The highest BCUT2D eigenvalue weighted by Gasteiger charge is 2.32. The molecule has 3 atom stereocenters. The average Bonchev–Trinajstić information content (AvgIpc) is 2.94. The molecule has 1 aromatic carbocycles. The maximum atomic E-state index is 12.5. The number of fused-ring (bicyclic) bond motifs is 1. The fourth-order valence-corrected chi connectivity index (χ4v) is 5.76. The van der Waals surface area contributed by atoms with Crippen LogP contribution in [0.4, 0.5) is 5.69 Å². The molecule has 3 rings (SSSR count). The Labute approximate surface area is 163 Å². The Morgan fingerprint density at radius 1 is 1.30 bits per heavy atom. The highest BCUT2D eigenvalue weighted by atomic mass is 32.2. The zero-order valence-electron chi connectivity index (χ0n) is 16.6. The Morgan fingerprint density at radius 3 is 2.78 bits per heavy atom. The number of quaternary nitrogens is 1. The lowest BCUT2D eigenvalue weighted by atomic mass is 10.0. The van der Waals surface area contributed by atoms with Crippen LogP contribution in [-0.2, 0) is 16.4 Å². The molecule has 1 unspecified atom stereocenters. The fraction of sp³-hybridized carbons (Fsp3) is 0.650. The molecule has 1 fully saturated rings. The van der Waals surface area contributed by atoms with E-state index in [2.05, 4.69) is 12.2 Å². The summed E-state index contributed by atoms with van der Waals surface area (Å²) in [5.74, 6) is -0.0787. The van der Waals surface area contributed by atoms with Crippen LogP contribution in [0.3, 0.4) is 0 Å². The molecule has 2 N–H and O–H groups in total. The quantitative estimate of drug-likeness (QED) is 0.707. The summed E-state index contributed by atoms with van der Waals surface area (Å²) in [6, 6.07) is 5.94. The van der Waals surface area contributed by atoms with Gasteiger partial charge in [-0.2, -0.15) is 0 Å². The first kappa shape index (κ1) is 20.1. The average molecular weight is 395 g/mol. The number of benzene rings is 1. The summed E-state index contributed by atoms with van der Waals surface area (Å²) < 4.78 is 25.4. The van der Waals surface area contributed by atoms with Crippen molar-refractivity contribution in [1.29, 1.82) is 0 Å². The molecular weight excluding hydrogens is 362 g/mol. The number of hydrogen-bond donors (Lipinski definition) is 2. The lowest BCUT2D eigenvalue weighted by Crippen LogP contribution is -3.16. The first-order valence-corrected chi connectivity index (χ1v) is 11.9. The maximum Gasteiger partial charge on any atom is 0.251 e. The second-order valence-electron chi connectivity index (χ2n) is 8.12. The number of carbonyl (C=O) groups is 1. The van der Waals surface area contributed by atoms with Gasteiger partial charge in [-0.3, -0.25) is 9.10 Å². The minimum Gasteiger partial charge on any atom is -0.352 e. The van der Waals surface area contributed by atoms with Crippen molar-refractivity contribution >= 4 is 21.6 Å². The number of nitrogens with one attached hydrogen (secondary N) is 2. The van der Waals surface area contributed by atoms with Crippen LogP contribution in [0.1, 0.15) is 55.5 Å². The Kier molecular flexibility index (Phi) is 6.11. The molecule has 2 aliphatic rings. The summed E-state index contributed by atoms with van der Waals surface area (Å²) in [7, 11) is -3.30. The van der Waals surface area contributed by atoms with Crippen LogP contribution in [0.15, 0.2) is 18.2 Å². The van der Waals surface area contributed by atoms with Gasteiger partial charge >= 0.3 is 0 Å². The van der Waals surface area contributed by atoms with Gasteiger partial charge in [0.2, 0.25) is 10.0 Å². The molecule has 150 valence electrons. The summed E-state index contributed by atoms with van der Waals surface area (Å²) in [6.07, 6.45) is 6.80. The number of sulfonamides is 1. The Bertz CT molecular complexity index is 794. The van der Waals surface area contributed by atoms with Crippen LogP contribution in [0.25, 0.3) is 0 Å². The van der Waals surface area contributed by atoms with E-state index < -0.39 is 10.0 Å². The maximum absolute atomic E-state index is 12.5. The third kappa shape index (κ3) is 4.63.